The molecule has 0 unspecified atom stereocenters. The van der Waals surface area contributed by atoms with Crippen LogP contribution in [0.5, 0.6) is 0 Å². The average molecular weight is 224 g/mol. The van der Waals surface area contributed by atoms with E-state index in [4.69, 9.17) is 15.7 Å². The summed E-state index contributed by atoms with van der Waals surface area (Å²) < 4.78 is 5.14. The van der Waals surface area contributed by atoms with Crippen molar-refractivity contribution in [2.75, 3.05) is 5.73 Å². The third-order valence-electron chi connectivity index (χ3n) is 1.53. The molecule has 0 radical (unpaired) electrons. The number of esters is 1. The van der Waals surface area contributed by atoms with Crippen LogP contribution in [0.1, 0.15) is 36.0 Å². The van der Waals surface area contributed by atoms with Gasteiger partial charge in [0.05, 0.1) is 11.3 Å². The van der Waals surface area contributed by atoms with E-state index in [1.54, 1.807) is 26.2 Å². The molecule has 0 aliphatic rings. The molecule has 0 atom stereocenters. The van der Waals surface area contributed by atoms with Crippen molar-refractivity contribution in [3.8, 4) is 6.07 Å². The number of hydrogen-bond donors (Lipinski definition) is 1. The Morgan fingerprint density at radius 1 is 1.60 bits per heavy atom. The molecule has 0 bridgehead atoms. The predicted octanol–water partition coefficient (Wildman–Crippen LogP) is 2.16. The fourth-order valence-corrected chi connectivity index (χ4v) is 1.73. The van der Waals surface area contributed by atoms with Gasteiger partial charge < -0.3 is 10.5 Å². The van der Waals surface area contributed by atoms with Gasteiger partial charge in [0.25, 0.3) is 0 Å². The molecule has 1 aromatic rings. The molecule has 0 aliphatic heterocycles. The van der Waals surface area contributed by atoms with Crippen molar-refractivity contribution < 1.29 is 9.53 Å². The molecule has 1 heterocycles. The van der Waals surface area contributed by atoms with Crippen LogP contribution >= 0.6 is 11.3 Å². The zero-order valence-corrected chi connectivity index (χ0v) is 9.64. The third kappa shape index (κ3) is 2.70. The average Bonchev–Trinajstić information content (AvgIpc) is 2.43. The number of hydrogen-bond acceptors (Lipinski definition) is 5. The number of carbonyl (C=O) groups excluding carboxylic acids is 1. The highest BCUT2D eigenvalue weighted by Gasteiger charge is 2.22. The topological polar surface area (TPSA) is 76.1 Å². The number of nitriles is 1. The van der Waals surface area contributed by atoms with Crippen molar-refractivity contribution in [3.05, 3.63) is 15.8 Å². The lowest BCUT2D eigenvalue weighted by Crippen LogP contribution is -2.23. The number of nitrogens with zero attached hydrogens (tertiary/aromatic N) is 1. The highest BCUT2D eigenvalue weighted by Crippen LogP contribution is 2.26. The summed E-state index contributed by atoms with van der Waals surface area (Å²) in [4.78, 5) is 11.9. The smallest absolute Gasteiger partial charge is 0.351 e. The lowest BCUT2D eigenvalue weighted by atomic mass is 10.2. The molecule has 1 rings (SSSR count). The molecule has 80 valence electrons. The van der Waals surface area contributed by atoms with E-state index in [0.29, 0.717) is 10.4 Å². The van der Waals surface area contributed by atoms with Gasteiger partial charge in [0, 0.05) is 5.38 Å². The molecule has 0 aromatic carbocycles. The van der Waals surface area contributed by atoms with Gasteiger partial charge in [-0.1, -0.05) is 0 Å². The molecular weight excluding hydrogens is 212 g/mol. The van der Waals surface area contributed by atoms with Gasteiger partial charge in [-0.05, 0) is 20.8 Å². The molecule has 0 saturated carbocycles. The Kier molecular flexibility index (Phi) is 3.01. The Labute approximate surface area is 92.3 Å². The third-order valence-corrected chi connectivity index (χ3v) is 2.51. The van der Waals surface area contributed by atoms with Gasteiger partial charge in [-0.15, -0.1) is 11.3 Å². The highest BCUT2D eigenvalue weighted by atomic mass is 32.1. The molecule has 1 aromatic heterocycles. The number of anilines is 1. The first-order chi connectivity index (χ1) is 6.85. The zero-order chi connectivity index (χ0) is 11.6. The minimum absolute atomic E-state index is 0.205. The van der Waals surface area contributed by atoms with E-state index >= 15 is 0 Å². The summed E-state index contributed by atoms with van der Waals surface area (Å²) >= 11 is 1.13. The summed E-state index contributed by atoms with van der Waals surface area (Å²) in [6, 6.07) is 1.91. The summed E-state index contributed by atoms with van der Waals surface area (Å²) in [6.07, 6.45) is 0. The van der Waals surface area contributed by atoms with Crippen LogP contribution in [-0.2, 0) is 4.74 Å². The van der Waals surface area contributed by atoms with Crippen LogP contribution in [0.4, 0.5) is 5.69 Å². The van der Waals surface area contributed by atoms with E-state index < -0.39 is 11.6 Å². The van der Waals surface area contributed by atoms with Crippen LogP contribution in [0, 0.1) is 11.3 Å². The standard InChI is InChI=1S/C10H12N2O2S/c1-10(2,3)14-9(13)8-7(12)6(4-11)5-15-8/h5H,12H2,1-3H3. The van der Waals surface area contributed by atoms with Gasteiger partial charge in [0.15, 0.2) is 0 Å². The first-order valence-electron chi connectivity index (χ1n) is 4.35. The van der Waals surface area contributed by atoms with Crippen molar-refractivity contribution in [2.45, 2.75) is 26.4 Å². The molecule has 0 amide bonds. The van der Waals surface area contributed by atoms with E-state index in [1.807, 2.05) is 6.07 Å². The summed E-state index contributed by atoms with van der Waals surface area (Å²) in [5.41, 5.74) is 5.59. The Morgan fingerprint density at radius 2 is 2.20 bits per heavy atom. The van der Waals surface area contributed by atoms with Gasteiger partial charge in [0.1, 0.15) is 16.5 Å². The van der Waals surface area contributed by atoms with E-state index in [-0.39, 0.29) is 5.69 Å². The van der Waals surface area contributed by atoms with E-state index in [2.05, 4.69) is 0 Å². The van der Waals surface area contributed by atoms with Gasteiger partial charge in [-0.3, -0.25) is 0 Å². The molecule has 5 heteroatoms. The number of nitrogen functional groups attached to an aromatic ring is 1. The van der Waals surface area contributed by atoms with Crippen LogP contribution in [0.3, 0.4) is 0 Å². The largest absolute Gasteiger partial charge is 0.456 e. The van der Waals surface area contributed by atoms with E-state index in [0.717, 1.165) is 11.3 Å². The first kappa shape index (κ1) is 11.5. The summed E-state index contributed by atoms with van der Waals surface area (Å²) in [6.45, 7) is 5.33. The summed E-state index contributed by atoms with van der Waals surface area (Å²) in [5, 5.41) is 10.2. The monoisotopic (exact) mass is 224 g/mol. The van der Waals surface area contributed by atoms with Crippen molar-refractivity contribution in [1.29, 1.82) is 5.26 Å². The van der Waals surface area contributed by atoms with Gasteiger partial charge in [0.2, 0.25) is 0 Å². The summed E-state index contributed by atoms with van der Waals surface area (Å²) in [5.74, 6) is -0.480. The Morgan fingerprint density at radius 3 is 2.60 bits per heavy atom. The van der Waals surface area contributed by atoms with Crippen LogP contribution in [0.2, 0.25) is 0 Å². The second kappa shape index (κ2) is 3.91. The van der Waals surface area contributed by atoms with Crippen molar-refractivity contribution in [3.63, 3.8) is 0 Å². The quantitative estimate of drug-likeness (QED) is 0.741. The second-order valence-electron chi connectivity index (χ2n) is 4.01. The number of nitrogens with two attached hydrogens (primary N) is 1. The minimum Gasteiger partial charge on any atom is -0.456 e. The van der Waals surface area contributed by atoms with Crippen LogP contribution in [0.15, 0.2) is 5.38 Å². The van der Waals surface area contributed by atoms with Gasteiger partial charge in [-0.25, -0.2) is 4.79 Å². The zero-order valence-electron chi connectivity index (χ0n) is 8.83. The second-order valence-corrected chi connectivity index (χ2v) is 4.89. The molecule has 2 N–H and O–H groups in total. The maximum Gasteiger partial charge on any atom is 0.351 e. The van der Waals surface area contributed by atoms with Crippen molar-refractivity contribution in [1.82, 2.24) is 0 Å². The van der Waals surface area contributed by atoms with Crippen LogP contribution in [0.25, 0.3) is 0 Å². The lowest BCUT2D eigenvalue weighted by Gasteiger charge is -2.18. The van der Waals surface area contributed by atoms with Crippen LogP contribution in [-0.4, -0.2) is 11.6 Å². The van der Waals surface area contributed by atoms with Crippen molar-refractivity contribution in [2.24, 2.45) is 0 Å². The first-order valence-corrected chi connectivity index (χ1v) is 5.23. The van der Waals surface area contributed by atoms with Gasteiger partial charge in [-0.2, -0.15) is 5.26 Å². The summed E-state index contributed by atoms with van der Waals surface area (Å²) in [7, 11) is 0. The van der Waals surface area contributed by atoms with Gasteiger partial charge >= 0.3 is 5.97 Å². The molecule has 0 aliphatic carbocycles. The van der Waals surface area contributed by atoms with Crippen molar-refractivity contribution >= 4 is 23.0 Å². The Balaban J connectivity index is 2.94. The SMILES string of the molecule is CC(C)(C)OC(=O)c1scc(C#N)c1N. The molecule has 0 fully saturated rings. The fourth-order valence-electron chi connectivity index (χ4n) is 0.936. The fraction of sp³-hybridized carbons (Fsp3) is 0.400. The number of carbonyl (C=O) groups is 1. The van der Waals surface area contributed by atoms with E-state index in [9.17, 15) is 4.79 Å². The molecule has 0 saturated heterocycles. The highest BCUT2D eigenvalue weighted by molar-refractivity contribution is 7.12. The normalized spacial score (nSPS) is 10.8. The minimum atomic E-state index is -0.555. The molecule has 4 nitrogen and oxygen atoms in total. The Hall–Kier alpha value is -1.54. The number of rotatable bonds is 1. The molecule has 0 spiro atoms. The molecule has 15 heavy (non-hydrogen) atoms. The van der Waals surface area contributed by atoms with E-state index in [1.165, 1.54) is 0 Å². The predicted molar refractivity (Wildman–Crippen MR) is 58.6 cm³/mol. The molecular formula is C10H12N2O2S. The number of thiophene rings is 1. The van der Waals surface area contributed by atoms with Crippen LogP contribution < -0.4 is 5.73 Å². The number of ether oxygens (including phenoxy) is 1. The maximum absolute atomic E-state index is 11.6. The lowest BCUT2D eigenvalue weighted by molar-refractivity contribution is 0.00764. The Bertz CT molecular complexity index is 424. The maximum atomic E-state index is 11.6.